The third kappa shape index (κ3) is 15.2. The predicted octanol–water partition coefficient (Wildman–Crippen LogP) is 5.77. The summed E-state index contributed by atoms with van der Waals surface area (Å²) in [4.78, 5) is 0. The second kappa shape index (κ2) is 15.2. The monoisotopic (exact) mass is 235 g/mol. The SMILES string of the molecule is CCCCCCCC/C=C/CCCCCC#N. The minimum atomic E-state index is 0.724. The van der Waals surface area contributed by atoms with Gasteiger partial charge in [-0.15, -0.1) is 0 Å². The highest BCUT2D eigenvalue weighted by Crippen LogP contribution is 2.08. The molecule has 0 aliphatic rings. The average Bonchev–Trinajstić information content (AvgIpc) is 2.35. The molecule has 0 saturated carbocycles. The average molecular weight is 235 g/mol. The van der Waals surface area contributed by atoms with Gasteiger partial charge in [-0.25, -0.2) is 0 Å². The first kappa shape index (κ1) is 16.2. The number of nitriles is 1. The van der Waals surface area contributed by atoms with Crippen molar-refractivity contribution in [1.82, 2.24) is 0 Å². The second-order valence-electron chi connectivity index (χ2n) is 4.79. The molecule has 0 atom stereocenters. The van der Waals surface area contributed by atoms with Crippen molar-refractivity contribution in [3.8, 4) is 6.07 Å². The van der Waals surface area contributed by atoms with Crippen LogP contribution in [0.1, 0.15) is 84.0 Å². The minimum Gasteiger partial charge on any atom is -0.198 e. The largest absolute Gasteiger partial charge is 0.198 e. The molecule has 0 rings (SSSR count). The fraction of sp³-hybridized carbons (Fsp3) is 0.812. The van der Waals surface area contributed by atoms with Crippen LogP contribution in [-0.2, 0) is 0 Å². The summed E-state index contributed by atoms with van der Waals surface area (Å²) in [5.74, 6) is 0. The number of unbranched alkanes of at least 4 members (excludes halogenated alkanes) is 10. The van der Waals surface area contributed by atoms with Crippen molar-refractivity contribution in [2.75, 3.05) is 0 Å². The van der Waals surface area contributed by atoms with Gasteiger partial charge in [0.2, 0.25) is 0 Å². The second-order valence-corrected chi connectivity index (χ2v) is 4.79. The summed E-state index contributed by atoms with van der Waals surface area (Å²) in [7, 11) is 0. The molecule has 0 aliphatic heterocycles. The molecule has 0 amide bonds. The van der Waals surface area contributed by atoms with E-state index < -0.39 is 0 Å². The van der Waals surface area contributed by atoms with Gasteiger partial charge < -0.3 is 0 Å². The number of hydrogen-bond donors (Lipinski definition) is 0. The van der Waals surface area contributed by atoms with E-state index in [0.29, 0.717) is 0 Å². The Kier molecular flexibility index (Phi) is 14.5. The first-order chi connectivity index (χ1) is 8.41. The smallest absolute Gasteiger partial charge is 0.0621 e. The molecular weight excluding hydrogens is 206 g/mol. The predicted molar refractivity (Wildman–Crippen MR) is 75.8 cm³/mol. The van der Waals surface area contributed by atoms with E-state index in [9.17, 15) is 0 Å². The zero-order valence-electron chi connectivity index (χ0n) is 11.6. The molecule has 0 heterocycles. The van der Waals surface area contributed by atoms with Gasteiger partial charge >= 0.3 is 0 Å². The highest BCUT2D eigenvalue weighted by molar-refractivity contribution is 4.81. The standard InChI is InChI=1S/C16H29N/c1-2-3-4-5-6-7-8-9-10-11-12-13-14-15-16-17/h9-10H,2-8,11-15H2,1H3/b10-9+. The molecule has 0 aliphatic carbocycles. The quantitative estimate of drug-likeness (QED) is 0.311. The lowest BCUT2D eigenvalue weighted by atomic mass is 10.1. The van der Waals surface area contributed by atoms with Gasteiger partial charge in [0.1, 0.15) is 0 Å². The van der Waals surface area contributed by atoms with Crippen molar-refractivity contribution in [3.05, 3.63) is 12.2 Å². The van der Waals surface area contributed by atoms with Gasteiger partial charge in [0, 0.05) is 6.42 Å². The molecule has 1 nitrogen and oxygen atoms in total. The van der Waals surface area contributed by atoms with Gasteiger partial charge in [-0.3, -0.25) is 0 Å². The van der Waals surface area contributed by atoms with Crippen molar-refractivity contribution in [1.29, 1.82) is 5.26 Å². The van der Waals surface area contributed by atoms with Crippen molar-refractivity contribution < 1.29 is 0 Å². The third-order valence-electron chi connectivity index (χ3n) is 3.05. The van der Waals surface area contributed by atoms with Crippen LogP contribution in [-0.4, -0.2) is 0 Å². The minimum absolute atomic E-state index is 0.724. The van der Waals surface area contributed by atoms with Gasteiger partial charge in [-0.2, -0.15) is 5.26 Å². The Morgan fingerprint density at radius 3 is 1.88 bits per heavy atom. The Labute approximate surface area is 108 Å². The summed E-state index contributed by atoms with van der Waals surface area (Å²) in [6.45, 7) is 2.26. The van der Waals surface area contributed by atoms with E-state index in [0.717, 1.165) is 12.8 Å². The maximum absolute atomic E-state index is 8.38. The topological polar surface area (TPSA) is 23.8 Å². The molecule has 0 aromatic rings. The van der Waals surface area contributed by atoms with Crippen LogP contribution < -0.4 is 0 Å². The zero-order valence-corrected chi connectivity index (χ0v) is 11.6. The van der Waals surface area contributed by atoms with Gasteiger partial charge in [-0.05, 0) is 32.1 Å². The Morgan fingerprint density at radius 1 is 0.765 bits per heavy atom. The third-order valence-corrected chi connectivity index (χ3v) is 3.05. The molecule has 1 heteroatoms. The van der Waals surface area contributed by atoms with Gasteiger partial charge in [0.25, 0.3) is 0 Å². The van der Waals surface area contributed by atoms with E-state index in [2.05, 4.69) is 25.1 Å². The molecule has 0 saturated heterocycles. The number of allylic oxidation sites excluding steroid dienone is 2. The van der Waals surface area contributed by atoms with E-state index in [4.69, 9.17) is 5.26 Å². The normalized spacial score (nSPS) is 10.8. The lowest BCUT2D eigenvalue weighted by Gasteiger charge is -1.97. The summed E-state index contributed by atoms with van der Waals surface area (Å²) in [6, 6.07) is 2.19. The Morgan fingerprint density at radius 2 is 1.29 bits per heavy atom. The summed E-state index contributed by atoms with van der Waals surface area (Å²) in [5.41, 5.74) is 0. The molecule has 0 fully saturated rings. The van der Waals surface area contributed by atoms with Crippen LogP contribution in [0.25, 0.3) is 0 Å². The van der Waals surface area contributed by atoms with Crippen molar-refractivity contribution in [3.63, 3.8) is 0 Å². The first-order valence-electron chi connectivity index (χ1n) is 7.43. The van der Waals surface area contributed by atoms with Crippen LogP contribution in [0, 0.1) is 11.3 Å². The maximum Gasteiger partial charge on any atom is 0.0621 e. The van der Waals surface area contributed by atoms with Crippen molar-refractivity contribution in [2.45, 2.75) is 84.0 Å². The van der Waals surface area contributed by atoms with E-state index >= 15 is 0 Å². The molecule has 0 spiro atoms. The van der Waals surface area contributed by atoms with E-state index in [1.807, 2.05) is 0 Å². The van der Waals surface area contributed by atoms with Crippen LogP contribution in [0.4, 0.5) is 0 Å². The van der Waals surface area contributed by atoms with E-state index in [1.54, 1.807) is 0 Å². The van der Waals surface area contributed by atoms with Gasteiger partial charge in [0.05, 0.1) is 6.07 Å². The van der Waals surface area contributed by atoms with Crippen molar-refractivity contribution >= 4 is 0 Å². The van der Waals surface area contributed by atoms with E-state index in [-0.39, 0.29) is 0 Å². The molecule has 0 radical (unpaired) electrons. The summed E-state index contributed by atoms with van der Waals surface area (Å²) in [6.07, 6.45) is 19.7. The maximum atomic E-state index is 8.38. The van der Waals surface area contributed by atoms with Crippen molar-refractivity contribution in [2.24, 2.45) is 0 Å². The highest BCUT2D eigenvalue weighted by atomic mass is 14.2. The summed E-state index contributed by atoms with van der Waals surface area (Å²) < 4.78 is 0. The fourth-order valence-electron chi connectivity index (χ4n) is 1.92. The molecule has 0 bridgehead atoms. The lowest BCUT2D eigenvalue weighted by Crippen LogP contribution is -1.78. The molecule has 98 valence electrons. The number of hydrogen-bond acceptors (Lipinski definition) is 1. The lowest BCUT2D eigenvalue weighted by molar-refractivity contribution is 0.610. The van der Waals surface area contributed by atoms with E-state index in [1.165, 1.54) is 64.2 Å². The molecule has 0 unspecified atom stereocenters. The van der Waals surface area contributed by atoms with Gasteiger partial charge in [0.15, 0.2) is 0 Å². The molecule has 0 aromatic carbocycles. The van der Waals surface area contributed by atoms with Gasteiger partial charge in [-0.1, -0.05) is 57.6 Å². The Bertz CT molecular complexity index is 200. The summed E-state index contributed by atoms with van der Waals surface area (Å²) in [5, 5.41) is 8.38. The molecule has 0 aromatic heterocycles. The molecule has 0 N–H and O–H groups in total. The number of nitrogens with zero attached hydrogens (tertiary/aromatic N) is 1. The van der Waals surface area contributed by atoms with Crippen LogP contribution in [0.3, 0.4) is 0 Å². The van der Waals surface area contributed by atoms with Crippen LogP contribution in [0.5, 0.6) is 0 Å². The summed E-state index contributed by atoms with van der Waals surface area (Å²) >= 11 is 0. The molecular formula is C16H29N. The Hall–Kier alpha value is -0.770. The Balaban J connectivity index is 3.02. The fourth-order valence-corrected chi connectivity index (χ4v) is 1.92. The van der Waals surface area contributed by atoms with Crippen LogP contribution in [0.2, 0.25) is 0 Å². The highest BCUT2D eigenvalue weighted by Gasteiger charge is 1.89. The van der Waals surface area contributed by atoms with Crippen LogP contribution >= 0.6 is 0 Å². The van der Waals surface area contributed by atoms with Crippen LogP contribution in [0.15, 0.2) is 12.2 Å². The zero-order chi connectivity index (χ0) is 12.6. The number of rotatable bonds is 12. The first-order valence-corrected chi connectivity index (χ1v) is 7.43. The molecule has 17 heavy (non-hydrogen) atoms.